The van der Waals surface area contributed by atoms with Crippen LogP contribution in [0.3, 0.4) is 0 Å². The standard InChI is InChI=1S/C16H16N2O3/c19-15(18-10-4-3-7-13(18)16(20)21)14-12-6-2-1-5-11(12)8-9-17-14/h1-2,5-6,8-9,13H,3-4,7,10H2,(H,20,21). The lowest BCUT2D eigenvalue weighted by molar-refractivity contribution is -0.143. The third-order valence-electron chi connectivity index (χ3n) is 3.92. The summed E-state index contributed by atoms with van der Waals surface area (Å²) >= 11 is 0. The highest BCUT2D eigenvalue weighted by atomic mass is 16.4. The molecule has 1 fully saturated rings. The van der Waals surface area contributed by atoms with Crippen LogP contribution in [0.25, 0.3) is 10.8 Å². The molecule has 3 rings (SSSR count). The molecule has 0 saturated carbocycles. The van der Waals surface area contributed by atoms with E-state index in [1.165, 1.54) is 4.90 Å². The van der Waals surface area contributed by atoms with Crippen LogP contribution in [0.5, 0.6) is 0 Å². The molecule has 2 aromatic rings. The fraction of sp³-hybridized carbons (Fsp3) is 0.312. The summed E-state index contributed by atoms with van der Waals surface area (Å²) in [6.07, 6.45) is 3.77. The van der Waals surface area contributed by atoms with Gasteiger partial charge in [0.25, 0.3) is 5.91 Å². The Morgan fingerprint density at radius 1 is 1.19 bits per heavy atom. The van der Waals surface area contributed by atoms with E-state index in [-0.39, 0.29) is 5.91 Å². The highest BCUT2D eigenvalue weighted by molar-refractivity contribution is 6.06. The number of hydrogen-bond acceptors (Lipinski definition) is 3. The van der Waals surface area contributed by atoms with Crippen molar-refractivity contribution < 1.29 is 14.7 Å². The molecule has 1 aromatic carbocycles. The molecule has 1 atom stereocenters. The summed E-state index contributed by atoms with van der Waals surface area (Å²) in [5.41, 5.74) is 0.334. The highest BCUT2D eigenvalue weighted by Gasteiger charge is 2.33. The average molecular weight is 284 g/mol. The second kappa shape index (κ2) is 5.52. The molecule has 0 bridgehead atoms. The van der Waals surface area contributed by atoms with Crippen LogP contribution in [0.15, 0.2) is 36.5 Å². The molecule has 5 nitrogen and oxygen atoms in total. The van der Waals surface area contributed by atoms with E-state index in [1.54, 1.807) is 6.20 Å². The van der Waals surface area contributed by atoms with Crippen LogP contribution in [0.4, 0.5) is 0 Å². The van der Waals surface area contributed by atoms with Gasteiger partial charge in [0.05, 0.1) is 0 Å². The van der Waals surface area contributed by atoms with Gasteiger partial charge in [-0.1, -0.05) is 24.3 Å². The molecular formula is C16H16N2O3. The van der Waals surface area contributed by atoms with Crippen molar-refractivity contribution in [2.45, 2.75) is 25.3 Å². The van der Waals surface area contributed by atoms with Gasteiger partial charge >= 0.3 is 5.97 Å². The zero-order valence-corrected chi connectivity index (χ0v) is 11.5. The molecule has 1 saturated heterocycles. The summed E-state index contributed by atoms with van der Waals surface area (Å²) < 4.78 is 0. The van der Waals surface area contributed by atoms with Crippen molar-refractivity contribution in [3.8, 4) is 0 Å². The lowest BCUT2D eigenvalue weighted by atomic mass is 10.0. The summed E-state index contributed by atoms with van der Waals surface area (Å²) in [5.74, 6) is -1.23. The van der Waals surface area contributed by atoms with E-state index in [9.17, 15) is 14.7 Å². The number of nitrogens with zero attached hydrogens (tertiary/aromatic N) is 2. The van der Waals surface area contributed by atoms with Crippen molar-refractivity contribution in [3.63, 3.8) is 0 Å². The highest BCUT2D eigenvalue weighted by Crippen LogP contribution is 2.23. The van der Waals surface area contributed by atoms with Gasteiger partial charge in [-0.2, -0.15) is 0 Å². The van der Waals surface area contributed by atoms with Gasteiger partial charge in [-0.25, -0.2) is 4.79 Å². The second-order valence-corrected chi connectivity index (χ2v) is 5.23. The first-order valence-corrected chi connectivity index (χ1v) is 7.06. The van der Waals surface area contributed by atoms with Crippen molar-refractivity contribution in [1.29, 1.82) is 0 Å². The van der Waals surface area contributed by atoms with Crippen molar-refractivity contribution in [2.75, 3.05) is 6.54 Å². The first kappa shape index (κ1) is 13.5. The minimum absolute atomic E-state index is 0.293. The topological polar surface area (TPSA) is 70.5 Å². The normalized spacial score (nSPS) is 18.7. The minimum atomic E-state index is -0.941. The van der Waals surface area contributed by atoms with Crippen LogP contribution < -0.4 is 0 Å². The van der Waals surface area contributed by atoms with Crippen LogP contribution >= 0.6 is 0 Å². The van der Waals surface area contributed by atoms with Crippen LogP contribution in [-0.4, -0.2) is 39.5 Å². The van der Waals surface area contributed by atoms with E-state index in [0.29, 0.717) is 18.7 Å². The Morgan fingerprint density at radius 3 is 2.81 bits per heavy atom. The maximum absolute atomic E-state index is 12.7. The molecule has 21 heavy (non-hydrogen) atoms. The maximum atomic E-state index is 12.7. The number of pyridine rings is 1. The van der Waals surface area contributed by atoms with Crippen LogP contribution in [0, 0.1) is 0 Å². The lowest BCUT2D eigenvalue weighted by Crippen LogP contribution is -2.48. The molecule has 2 heterocycles. The number of piperidine rings is 1. The van der Waals surface area contributed by atoms with Crippen molar-refractivity contribution in [3.05, 3.63) is 42.2 Å². The molecule has 0 spiro atoms. The number of amides is 1. The van der Waals surface area contributed by atoms with E-state index in [0.717, 1.165) is 23.6 Å². The number of carbonyl (C=O) groups excluding carboxylic acids is 1. The molecular weight excluding hydrogens is 268 g/mol. The molecule has 0 aliphatic carbocycles. The fourth-order valence-corrected chi connectivity index (χ4v) is 2.86. The molecule has 1 aliphatic heterocycles. The Hall–Kier alpha value is -2.43. The van der Waals surface area contributed by atoms with Gasteiger partial charge in [-0.05, 0) is 30.7 Å². The molecule has 5 heteroatoms. The van der Waals surface area contributed by atoms with Crippen LogP contribution in [0.1, 0.15) is 29.8 Å². The van der Waals surface area contributed by atoms with E-state index >= 15 is 0 Å². The molecule has 1 N–H and O–H groups in total. The third kappa shape index (κ3) is 2.46. The number of aliphatic carboxylic acids is 1. The number of carboxylic acid groups (broad SMARTS) is 1. The maximum Gasteiger partial charge on any atom is 0.326 e. The Morgan fingerprint density at radius 2 is 2.00 bits per heavy atom. The number of fused-ring (bicyclic) bond motifs is 1. The molecule has 108 valence electrons. The third-order valence-corrected chi connectivity index (χ3v) is 3.92. The van der Waals surface area contributed by atoms with Gasteiger partial charge in [0, 0.05) is 18.1 Å². The molecule has 1 unspecified atom stereocenters. The monoisotopic (exact) mass is 284 g/mol. The Kier molecular flexibility index (Phi) is 3.56. The number of carbonyl (C=O) groups is 2. The number of likely N-dealkylation sites (tertiary alicyclic amines) is 1. The van der Waals surface area contributed by atoms with E-state index < -0.39 is 12.0 Å². The quantitative estimate of drug-likeness (QED) is 0.918. The zero-order valence-electron chi connectivity index (χ0n) is 11.5. The van der Waals surface area contributed by atoms with E-state index in [2.05, 4.69) is 4.98 Å². The van der Waals surface area contributed by atoms with Gasteiger partial charge in [0.2, 0.25) is 0 Å². The van der Waals surface area contributed by atoms with Crippen molar-refractivity contribution >= 4 is 22.6 Å². The summed E-state index contributed by atoms with van der Waals surface area (Å²) in [7, 11) is 0. The molecule has 0 radical (unpaired) electrons. The first-order chi connectivity index (χ1) is 10.2. The van der Waals surface area contributed by atoms with Gasteiger partial charge in [-0.15, -0.1) is 0 Å². The van der Waals surface area contributed by atoms with Crippen molar-refractivity contribution in [2.24, 2.45) is 0 Å². The average Bonchev–Trinajstić information content (AvgIpc) is 2.53. The number of hydrogen-bond donors (Lipinski definition) is 1. The van der Waals surface area contributed by atoms with Crippen molar-refractivity contribution in [1.82, 2.24) is 9.88 Å². The fourth-order valence-electron chi connectivity index (χ4n) is 2.86. The molecule has 1 aromatic heterocycles. The first-order valence-electron chi connectivity index (χ1n) is 7.06. The predicted molar refractivity (Wildman–Crippen MR) is 78.1 cm³/mol. The summed E-state index contributed by atoms with van der Waals surface area (Å²) in [6, 6.07) is 8.61. The molecule has 1 aliphatic rings. The Labute approximate surface area is 122 Å². The minimum Gasteiger partial charge on any atom is -0.480 e. The lowest BCUT2D eigenvalue weighted by Gasteiger charge is -2.32. The number of carboxylic acids is 1. The Balaban J connectivity index is 2.01. The van der Waals surface area contributed by atoms with Crippen LogP contribution in [0.2, 0.25) is 0 Å². The number of benzene rings is 1. The second-order valence-electron chi connectivity index (χ2n) is 5.23. The van der Waals surface area contributed by atoms with Gasteiger partial charge in [0.1, 0.15) is 11.7 Å². The summed E-state index contributed by atoms with van der Waals surface area (Å²) in [4.78, 5) is 29.7. The Bertz CT molecular complexity index is 693. The smallest absolute Gasteiger partial charge is 0.326 e. The number of aromatic nitrogens is 1. The van der Waals surface area contributed by atoms with Crippen LogP contribution in [-0.2, 0) is 4.79 Å². The summed E-state index contributed by atoms with van der Waals surface area (Å²) in [6.45, 7) is 0.473. The van der Waals surface area contributed by atoms with E-state index in [1.807, 2.05) is 30.3 Å². The van der Waals surface area contributed by atoms with Gasteiger partial charge in [-0.3, -0.25) is 9.78 Å². The van der Waals surface area contributed by atoms with E-state index in [4.69, 9.17) is 0 Å². The zero-order chi connectivity index (χ0) is 14.8. The number of rotatable bonds is 2. The largest absolute Gasteiger partial charge is 0.480 e. The summed E-state index contributed by atoms with van der Waals surface area (Å²) in [5, 5.41) is 11.0. The molecule has 1 amide bonds. The SMILES string of the molecule is O=C(O)C1CCCCN1C(=O)c1nccc2ccccc12. The predicted octanol–water partition coefficient (Wildman–Crippen LogP) is 2.31. The van der Waals surface area contributed by atoms with Gasteiger partial charge in [0.15, 0.2) is 0 Å². The van der Waals surface area contributed by atoms with Gasteiger partial charge < -0.3 is 10.0 Å².